The molecule has 1 heterocycles. The molecule has 17 heavy (non-hydrogen) atoms. The summed E-state index contributed by atoms with van der Waals surface area (Å²) in [6, 6.07) is 1.98. The van der Waals surface area contributed by atoms with Crippen molar-refractivity contribution in [1.29, 1.82) is 0 Å². The molecule has 1 aliphatic rings. The van der Waals surface area contributed by atoms with E-state index in [1.54, 1.807) is 7.11 Å². The quantitative estimate of drug-likeness (QED) is 0.925. The predicted molar refractivity (Wildman–Crippen MR) is 69.1 cm³/mol. The van der Waals surface area contributed by atoms with Crippen molar-refractivity contribution in [3.05, 3.63) is 16.1 Å². The van der Waals surface area contributed by atoms with E-state index >= 15 is 0 Å². The Balaban J connectivity index is 2.40. The normalized spacial score (nSPS) is 13.6. The van der Waals surface area contributed by atoms with Crippen LogP contribution in [-0.2, 0) is 6.42 Å². The number of benzene rings is 1. The molecule has 0 radical (unpaired) electrons. The van der Waals surface area contributed by atoms with Gasteiger partial charge in [-0.15, -0.1) is 0 Å². The number of methoxy groups -OCH3 is 1. The van der Waals surface area contributed by atoms with Gasteiger partial charge in [-0.05, 0) is 46.9 Å². The minimum Gasteiger partial charge on any atom is -0.495 e. The molecule has 1 aromatic carbocycles. The Labute approximate surface area is 109 Å². The van der Waals surface area contributed by atoms with Gasteiger partial charge in [0.2, 0.25) is 0 Å². The molecule has 0 unspecified atom stereocenters. The van der Waals surface area contributed by atoms with Crippen molar-refractivity contribution in [3.8, 4) is 17.2 Å². The number of fused-ring (bicyclic) bond motifs is 1. The lowest BCUT2D eigenvalue weighted by molar-refractivity contribution is 0.169. The first-order valence-corrected chi connectivity index (χ1v) is 6.42. The van der Waals surface area contributed by atoms with E-state index in [0.717, 1.165) is 40.1 Å². The maximum atomic E-state index is 5.58. The summed E-state index contributed by atoms with van der Waals surface area (Å²) in [5.74, 6) is 2.31. The van der Waals surface area contributed by atoms with Crippen LogP contribution in [-0.4, -0.2) is 26.9 Å². The Morgan fingerprint density at radius 2 is 2.18 bits per heavy atom. The second-order valence-electron chi connectivity index (χ2n) is 3.80. The molecule has 0 aromatic heterocycles. The molecule has 0 amide bonds. The smallest absolute Gasteiger partial charge is 0.179 e. The summed E-state index contributed by atoms with van der Waals surface area (Å²) in [4.78, 5) is 0. The molecule has 1 aromatic rings. The topological polar surface area (TPSA) is 53.7 Å². The number of nitrogens with two attached hydrogens (primary N) is 1. The fourth-order valence-electron chi connectivity index (χ4n) is 1.88. The Bertz CT molecular complexity index is 409. The summed E-state index contributed by atoms with van der Waals surface area (Å²) in [6.45, 7) is 1.81. The highest BCUT2D eigenvalue weighted by atomic mass is 79.9. The minimum absolute atomic E-state index is 0.566. The predicted octanol–water partition coefficient (Wildman–Crippen LogP) is 2.12. The zero-order chi connectivity index (χ0) is 12.3. The van der Waals surface area contributed by atoms with Gasteiger partial charge in [0.15, 0.2) is 11.5 Å². The van der Waals surface area contributed by atoms with Gasteiger partial charge in [0.05, 0.1) is 7.11 Å². The van der Waals surface area contributed by atoms with Gasteiger partial charge >= 0.3 is 0 Å². The van der Waals surface area contributed by atoms with Crippen molar-refractivity contribution in [1.82, 2.24) is 0 Å². The van der Waals surface area contributed by atoms with Crippen LogP contribution in [0, 0.1) is 0 Å². The van der Waals surface area contributed by atoms with Crippen LogP contribution in [0.1, 0.15) is 12.0 Å². The molecule has 0 bridgehead atoms. The van der Waals surface area contributed by atoms with Gasteiger partial charge in [-0.2, -0.15) is 0 Å². The van der Waals surface area contributed by atoms with E-state index in [1.807, 2.05) is 6.07 Å². The van der Waals surface area contributed by atoms with Crippen molar-refractivity contribution in [2.24, 2.45) is 5.73 Å². The van der Waals surface area contributed by atoms with Crippen molar-refractivity contribution in [2.75, 3.05) is 26.9 Å². The van der Waals surface area contributed by atoms with Crippen LogP contribution in [0.3, 0.4) is 0 Å². The molecule has 0 fully saturated rings. The van der Waals surface area contributed by atoms with Crippen LogP contribution >= 0.6 is 15.9 Å². The molecule has 2 rings (SSSR count). The number of halogens is 1. The highest BCUT2D eigenvalue weighted by molar-refractivity contribution is 9.10. The van der Waals surface area contributed by atoms with Crippen molar-refractivity contribution in [2.45, 2.75) is 12.8 Å². The summed E-state index contributed by atoms with van der Waals surface area (Å²) in [5.41, 5.74) is 6.63. The number of aryl methyl sites for hydroxylation is 1. The highest BCUT2D eigenvalue weighted by Crippen LogP contribution is 2.45. The van der Waals surface area contributed by atoms with E-state index in [-0.39, 0.29) is 0 Å². The van der Waals surface area contributed by atoms with E-state index < -0.39 is 0 Å². The summed E-state index contributed by atoms with van der Waals surface area (Å²) in [5, 5.41) is 0. The molecule has 94 valence electrons. The van der Waals surface area contributed by atoms with E-state index in [1.165, 1.54) is 0 Å². The molecule has 4 nitrogen and oxygen atoms in total. The van der Waals surface area contributed by atoms with Gasteiger partial charge in [0.1, 0.15) is 23.4 Å². The zero-order valence-electron chi connectivity index (χ0n) is 9.79. The zero-order valence-corrected chi connectivity index (χ0v) is 11.4. The Morgan fingerprint density at radius 3 is 2.88 bits per heavy atom. The van der Waals surface area contributed by atoms with Gasteiger partial charge in [-0.1, -0.05) is 0 Å². The van der Waals surface area contributed by atoms with Gasteiger partial charge < -0.3 is 19.9 Å². The van der Waals surface area contributed by atoms with Gasteiger partial charge in [0.25, 0.3) is 0 Å². The average Bonchev–Trinajstić information content (AvgIpc) is 2.36. The molecule has 5 heteroatoms. The van der Waals surface area contributed by atoms with E-state index in [2.05, 4.69) is 15.9 Å². The minimum atomic E-state index is 0.566. The number of hydrogen-bond acceptors (Lipinski definition) is 4. The second-order valence-corrected chi connectivity index (χ2v) is 4.59. The van der Waals surface area contributed by atoms with Crippen LogP contribution in [0.2, 0.25) is 0 Å². The van der Waals surface area contributed by atoms with E-state index in [9.17, 15) is 0 Å². The molecule has 0 atom stereocenters. The first kappa shape index (κ1) is 12.5. The molecule has 0 spiro atoms. The molecular weight excluding hydrogens is 286 g/mol. The number of hydrogen-bond donors (Lipinski definition) is 1. The number of rotatable bonds is 4. The van der Waals surface area contributed by atoms with Crippen LogP contribution in [0.4, 0.5) is 0 Å². The number of ether oxygens (including phenoxy) is 3. The van der Waals surface area contributed by atoms with Crippen molar-refractivity contribution < 1.29 is 14.2 Å². The van der Waals surface area contributed by atoms with Crippen molar-refractivity contribution >= 4 is 15.9 Å². The summed E-state index contributed by atoms with van der Waals surface area (Å²) in [6.07, 6.45) is 1.79. The third kappa shape index (κ3) is 2.50. The summed E-state index contributed by atoms with van der Waals surface area (Å²) in [7, 11) is 1.65. The average molecular weight is 302 g/mol. The largest absolute Gasteiger partial charge is 0.495 e. The van der Waals surface area contributed by atoms with Crippen LogP contribution < -0.4 is 19.9 Å². The second kappa shape index (κ2) is 5.60. The SMILES string of the molecule is COc1c(CCCN)cc2c(c1Br)OCCO2. The van der Waals surface area contributed by atoms with Crippen LogP contribution in [0.15, 0.2) is 10.5 Å². The van der Waals surface area contributed by atoms with Gasteiger partial charge in [-0.3, -0.25) is 0 Å². The lowest BCUT2D eigenvalue weighted by Crippen LogP contribution is -2.16. The highest BCUT2D eigenvalue weighted by Gasteiger charge is 2.21. The first-order chi connectivity index (χ1) is 8.27. The van der Waals surface area contributed by atoms with Crippen LogP contribution in [0.25, 0.3) is 0 Å². The Hall–Kier alpha value is -0.940. The monoisotopic (exact) mass is 301 g/mol. The van der Waals surface area contributed by atoms with E-state index in [4.69, 9.17) is 19.9 Å². The lowest BCUT2D eigenvalue weighted by Gasteiger charge is -2.22. The maximum Gasteiger partial charge on any atom is 0.179 e. The molecule has 0 aliphatic carbocycles. The fourth-order valence-corrected chi connectivity index (χ4v) is 2.60. The lowest BCUT2D eigenvalue weighted by atomic mass is 10.1. The molecule has 2 N–H and O–H groups in total. The Kier molecular flexibility index (Phi) is 4.12. The standard InChI is InChI=1S/C12H16BrNO3/c1-15-11-8(3-2-4-14)7-9-12(10(11)13)17-6-5-16-9/h7H,2-6,14H2,1H3. The van der Waals surface area contributed by atoms with Gasteiger partial charge in [0, 0.05) is 0 Å². The molecular formula is C12H16BrNO3. The van der Waals surface area contributed by atoms with Crippen LogP contribution in [0.5, 0.6) is 17.2 Å². The maximum absolute atomic E-state index is 5.58. The first-order valence-electron chi connectivity index (χ1n) is 5.63. The third-order valence-corrected chi connectivity index (χ3v) is 3.38. The van der Waals surface area contributed by atoms with E-state index in [0.29, 0.717) is 19.8 Å². The van der Waals surface area contributed by atoms with Crippen molar-refractivity contribution in [3.63, 3.8) is 0 Å². The molecule has 0 saturated carbocycles. The summed E-state index contributed by atoms with van der Waals surface area (Å²) >= 11 is 3.51. The molecule has 1 aliphatic heterocycles. The third-order valence-electron chi connectivity index (χ3n) is 2.66. The molecule has 0 saturated heterocycles. The van der Waals surface area contributed by atoms with Gasteiger partial charge in [-0.25, -0.2) is 0 Å². The summed E-state index contributed by atoms with van der Waals surface area (Å²) < 4.78 is 17.4. The Morgan fingerprint density at radius 1 is 1.41 bits per heavy atom. The fraction of sp³-hybridized carbons (Fsp3) is 0.500.